The number of methoxy groups -OCH3 is 1. The third-order valence-electron chi connectivity index (χ3n) is 5.77. The predicted octanol–water partition coefficient (Wildman–Crippen LogP) is 4.31. The molecule has 32 heavy (non-hydrogen) atoms. The van der Waals surface area contributed by atoms with Gasteiger partial charge in [-0.2, -0.15) is 0 Å². The number of ether oxygens (including phenoxy) is 2. The van der Waals surface area contributed by atoms with Crippen LogP contribution in [0.5, 0.6) is 11.5 Å². The lowest BCUT2D eigenvalue weighted by Crippen LogP contribution is -2.40. The molecule has 0 amide bonds. The number of oxazole rings is 1. The summed E-state index contributed by atoms with van der Waals surface area (Å²) in [6.07, 6.45) is 1.18. The topological polar surface area (TPSA) is 85.0 Å². The number of rotatable bonds is 8. The Kier molecular flexibility index (Phi) is 6.98. The molecule has 4 rings (SSSR count). The van der Waals surface area contributed by atoms with E-state index in [-0.39, 0.29) is 18.3 Å². The maximum absolute atomic E-state index is 11.5. The van der Waals surface area contributed by atoms with Gasteiger partial charge in [0.15, 0.2) is 28.8 Å². The number of carbonyl (C=O) groups is 1. The monoisotopic (exact) mass is 458 g/mol. The number of likely N-dealkylation sites (tertiary alicyclic amines) is 1. The summed E-state index contributed by atoms with van der Waals surface area (Å²) in [7, 11) is 1.53. The van der Waals surface area contributed by atoms with Crippen molar-refractivity contribution in [1.82, 2.24) is 9.88 Å². The molecule has 0 spiro atoms. The third kappa shape index (κ3) is 5.23. The lowest BCUT2D eigenvalue weighted by Gasteiger charge is -2.31. The van der Waals surface area contributed by atoms with Crippen molar-refractivity contribution in [2.24, 2.45) is 0 Å². The van der Waals surface area contributed by atoms with Crippen LogP contribution in [-0.4, -0.2) is 60.2 Å². The Labute approximate surface area is 191 Å². The smallest absolute Gasteiger partial charge is 0.198 e. The van der Waals surface area contributed by atoms with Gasteiger partial charge in [0.1, 0.15) is 18.2 Å². The van der Waals surface area contributed by atoms with E-state index in [1.165, 1.54) is 14.0 Å². The molecule has 2 heterocycles. The fraction of sp³-hybridized carbons (Fsp3) is 0.417. The van der Waals surface area contributed by atoms with Gasteiger partial charge in [0.05, 0.1) is 7.11 Å². The molecule has 0 saturated carbocycles. The number of aliphatic hydroxyl groups excluding tert-OH is 1. The number of benzene rings is 2. The van der Waals surface area contributed by atoms with Crippen molar-refractivity contribution < 1.29 is 23.8 Å². The highest BCUT2D eigenvalue weighted by Crippen LogP contribution is 2.31. The summed E-state index contributed by atoms with van der Waals surface area (Å²) in [5, 5.41) is 11.1. The van der Waals surface area contributed by atoms with Crippen LogP contribution in [0.15, 0.2) is 40.8 Å². The Bertz CT molecular complexity index is 1090. The van der Waals surface area contributed by atoms with E-state index in [1.54, 1.807) is 24.3 Å². The summed E-state index contributed by atoms with van der Waals surface area (Å²) in [5.41, 5.74) is 2.10. The minimum Gasteiger partial charge on any atom is -0.493 e. The first kappa shape index (κ1) is 22.6. The summed E-state index contributed by atoms with van der Waals surface area (Å²) >= 11 is 6.04. The first-order valence-electron chi connectivity index (χ1n) is 10.7. The summed E-state index contributed by atoms with van der Waals surface area (Å²) in [6.45, 7) is 3.85. The van der Waals surface area contributed by atoms with E-state index in [0.717, 1.165) is 42.9 Å². The van der Waals surface area contributed by atoms with Crippen molar-refractivity contribution in [1.29, 1.82) is 0 Å². The highest BCUT2D eigenvalue weighted by molar-refractivity contribution is 6.31. The lowest BCUT2D eigenvalue weighted by molar-refractivity contribution is 0.0575. The predicted molar refractivity (Wildman–Crippen MR) is 122 cm³/mol. The number of halogens is 1. The average molecular weight is 459 g/mol. The molecule has 170 valence electrons. The lowest BCUT2D eigenvalue weighted by atomic mass is 9.96. The van der Waals surface area contributed by atoms with Crippen LogP contribution in [0, 0.1) is 0 Å². The molecule has 7 nitrogen and oxygen atoms in total. The fourth-order valence-electron chi connectivity index (χ4n) is 4.00. The quantitative estimate of drug-likeness (QED) is 0.503. The molecule has 1 N–H and O–H groups in total. The molecule has 1 unspecified atom stereocenters. The molecule has 0 bridgehead atoms. The molecule has 0 aliphatic carbocycles. The van der Waals surface area contributed by atoms with Crippen LogP contribution in [-0.2, 0) is 0 Å². The minimum absolute atomic E-state index is 0.0417. The Balaban J connectivity index is 1.27. The molecule has 1 saturated heterocycles. The van der Waals surface area contributed by atoms with Gasteiger partial charge in [-0.3, -0.25) is 4.79 Å². The number of carbonyl (C=O) groups excluding carboxylic acids is 1. The van der Waals surface area contributed by atoms with E-state index in [1.807, 2.05) is 12.1 Å². The first-order chi connectivity index (χ1) is 15.4. The number of hydrogen-bond donors (Lipinski definition) is 1. The number of aliphatic hydroxyl groups is 1. The minimum atomic E-state index is -0.643. The summed E-state index contributed by atoms with van der Waals surface area (Å²) in [4.78, 5) is 18.4. The number of Topliss-reactive ketones (excluding diaryl/α,β-unsaturated/α-hetero) is 1. The zero-order valence-electron chi connectivity index (χ0n) is 18.2. The molecule has 2 aromatic carbocycles. The standard InChI is InChI=1S/C24H27ClN2O5/c1-15(28)17-3-5-22(23(11-17)30-2)31-14-19(29)13-27-9-7-16(8-10-27)24-26-20-12-18(25)4-6-21(20)32-24/h3-6,11-12,16,19,29H,7-10,13-14H2,1-2H3. The maximum atomic E-state index is 11.5. The third-order valence-corrected chi connectivity index (χ3v) is 6.01. The van der Waals surface area contributed by atoms with Gasteiger partial charge in [-0.05, 0) is 69.3 Å². The molecule has 1 aromatic heterocycles. The molecular weight excluding hydrogens is 432 g/mol. The van der Waals surface area contributed by atoms with E-state index in [9.17, 15) is 9.90 Å². The van der Waals surface area contributed by atoms with Crippen molar-refractivity contribution in [3.05, 3.63) is 52.9 Å². The number of aromatic nitrogens is 1. The Hall–Kier alpha value is -2.61. The fourth-order valence-corrected chi connectivity index (χ4v) is 4.16. The van der Waals surface area contributed by atoms with Crippen LogP contribution < -0.4 is 9.47 Å². The SMILES string of the molecule is COc1cc(C(C)=O)ccc1OCC(O)CN1CCC(c2nc3cc(Cl)ccc3o2)CC1. The maximum Gasteiger partial charge on any atom is 0.198 e. The van der Waals surface area contributed by atoms with Gasteiger partial charge in [-0.1, -0.05) is 11.6 Å². The number of β-amino-alcohol motifs (C(OH)–C–C–N with tert-alkyl or cyclic N) is 1. The van der Waals surface area contributed by atoms with Crippen molar-refractivity contribution in [3.8, 4) is 11.5 Å². The molecule has 8 heteroatoms. The number of fused-ring (bicyclic) bond motifs is 1. The van der Waals surface area contributed by atoms with Crippen molar-refractivity contribution in [2.75, 3.05) is 33.4 Å². The van der Waals surface area contributed by atoms with Crippen LogP contribution in [0.3, 0.4) is 0 Å². The van der Waals surface area contributed by atoms with Crippen LogP contribution in [0.4, 0.5) is 0 Å². The largest absolute Gasteiger partial charge is 0.493 e. The number of piperidine rings is 1. The van der Waals surface area contributed by atoms with E-state index in [0.29, 0.717) is 28.6 Å². The molecule has 1 aliphatic heterocycles. The summed E-state index contributed by atoms with van der Waals surface area (Å²) in [6, 6.07) is 10.5. The van der Waals surface area contributed by atoms with Gasteiger partial charge >= 0.3 is 0 Å². The molecule has 3 aromatic rings. The zero-order chi connectivity index (χ0) is 22.7. The molecule has 1 fully saturated rings. The van der Waals surface area contributed by atoms with Crippen molar-refractivity contribution in [3.63, 3.8) is 0 Å². The van der Waals surface area contributed by atoms with Gasteiger partial charge in [0, 0.05) is 23.0 Å². The average Bonchev–Trinajstić information content (AvgIpc) is 3.21. The van der Waals surface area contributed by atoms with Crippen LogP contribution in [0.1, 0.15) is 41.9 Å². The number of ketones is 1. The van der Waals surface area contributed by atoms with Gasteiger partial charge in [-0.25, -0.2) is 4.98 Å². The van der Waals surface area contributed by atoms with Crippen LogP contribution >= 0.6 is 11.6 Å². The van der Waals surface area contributed by atoms with Gasteiger partial charge in [-0.15, -0.1) is 0 Å². The second-order valence-corrected chi connectivity index (χ2v) is 8.56. The molecule has 0 radical (unpaired) electrons. The second-order valence-electron chi connectivity index (χ2n) is 8.13. The molecule has 1 aliphatic rings. The van der Waals surface area contributed by atoms with Gasteiger partial charge in [0.2, 0.25) is 0 Å². The number of hydrogen-bond acceptors (Lipinski definition) is 7. The summed E-state index contributed by atoms with van der Waals surface area (Å²) in [5.74, 6) is 1.96. The zero-order valence-corrected chi connectivity index (χ0v) is 19.0. The number of nitrogens with zero attached hydrogens (tertiary/aromatic N) is 2. The van der Waals surface area contributed by atoms with Gasteiger partial charge < -0.3 is 23.9 Å². The second kappa shape index (κ2) is 9.90. The Morgan fingerprint density at radius 2 is 2.03 bits per heavy atom. The van der Waals surface area contributed by atoms with Gasteiger partial charge in [0.25, 0.3) is 0 Å². The van der Waals surface area contributed by atoms with E-state index in [2.05, 4.69) is 9.88 Å². The molecular formula is C24H27ClN2O5. The van der Waals surface area contributed by atoms with E-state index in [4.69, 9.17) is 25.5 Å². The highest BCUT2D eigenvalue weighted by Gasteiger charge is 2.26. The van der Waals surface area contributed by atoms with Crippen LogP contribution in [0.2, 0.25) is 5.02 Å². The Morgan fingerprint density at radius 3 is 2.75 bits per heavy atom. The Morgan fingerprint density at radius 1 is 1.25 bits per heavy atom. The van der Waals surface area contributed by atoms with Crippen molar-refractivity contribution in [2.45, 2.75) is 31.8 Å². The normalized spacial score (nSPS) is 16.2. The first-order valence-corrected chi connectivity index (χ1v) is 11.1. The van der Waals surface area contributed by atoms with E-state index >= 15 is 0 Å². The highest BCUT2D eigenvalue weighted by atomic mass is 35.5. The van der Waals surface area contributed by atoms with Crippen LogP contribution in [0.25, 0.3) is 11.1 Å². The summed E-state index contributed by atoms with van der Waals surface area (Å²) < 4.78 is 17.0. The van der Waals surface area contributed by atoms with Crippen molar-refractivity contribution >= 4 is 28.5 Å². The van der Waals surface area contributed by atoms with E-state index < -0.39 is 6.10 Å². The molecule has 1 atom stereocenters.